The lowest BCUT2D eigenvalue weighted by Gasteiger charge is -2.50. The quantitative estimate of drug-likeness (QED) is 0.585. The minimum absolute atomic E-state index is 0.0125. The molecule has 9 nitrogen and oxygen atoms in total. The molecule has 5 rings (SSSR count). The van der Waals surface area contributed by atoms with Crippen molar-refractivity contribution in [2.45, 2.75) is 53.2 Å². The smallest absolute Gasteiger partial charge is 0.338 e. The molecule has 2 aliphatic heterocycles. The molecule has 3 aliphatic rings. The van der Waals surface area contributed by atoms with Crippen LogP contribution in [0, 0.1) is 22.7 Å². The summed E-state index contributed by atoms with van der Waals surface area (Å²) in [6.07, 6.45) is 4.16. The highest BCUT2D eigenvalue weighted by Gasteiger charge is 2.60. The first kappa shape index (κ1) is 26.4. The zero-order chi connectivity index (χ0) is 27.5. The van der Waals surface area contributed by atoms with Crippen molar-refractivity contribution in [1.82, 2.24) is 19.6 Å². The SMILES string of the molecule is CC(C)(C)OC(=O)c1ccccc1Cn1cc(C(=O)N2C[C@@H](CO)C3(C2)CN(C(=O)[C@H]2CC2(C)C)C3)cn1. The molecule has 1 saturated carbocycles. The molecule has 2 aromatic rings. The fraction of sp³-hybridized carbons (Fsp3) is 0.586. The average molecular weight is 523 g/mol. The lowest BCUT2D eigenvalue weighted by Crippen LogP contribution is -2.63. The van der Waals surface area contributed by atoms with E-state index in [1.165, 1.54) is 0 Å². The van der Waals surface area contributed by atoms with Gasteiger partial charge in [-0.2, -0.15) is 5.10 Å². The first-order valence-corrected chi connectivity index (χ1v) is 13.3. The van der Waals surface area contributed by atoms with Gasteiger partial charge >= 0.3 is 5.97 Å². The van der Waals surface area contributed by atoms with Crippen LogP contribution in [-0.2, 0) is 16.1 Å². The van der Waals surface area contributed by atoms with Crippen molar-refractivity contribution in [3.63, 3.8) is 0 Å². The predicted molar refractivity (Wildman–Crippen MR) is 140 cm³/mol. The second-order valence-corrected chi connectivity index (χ2v) is 13.0. The zero-order valence-electron chi connectivity index (χ0n) is 22.9. The maximum absolute atomic E-state index is 13.4. The van der Waals surface area contributed by atoms with E-state index in [-0.39, 0.29) is 41.1 Å². The van der Waals surface area contributed by atoms with Crippen molar-refractivity contribution < 1.29 is 24.2 Å². The van der Waals surface area contributed by atoms with Gasteiger partial charge in [-0.3, -0.25) is 14.3 Å². The topological polar surface area (TPSA) is 105 Å². The van der Waals surface area contributed by atoms with Gasteiger partial charge in [-0.1, -0.05) is 32.0 Å². The number of hydrogen-bond donors (Lipinski definition) is 1. The van der Waals surface area contributed by atoms with Gasteiger partial charge in [-0.25, -0.2) is 4.79 Å². The van der Waals surface area contributed by atoms with E-state index < -0.39 is 11.6 Å². The molecule has 9 heteroatoms. The van der Waals surface area contributed by atoms with E-state index in [1.807, 2.05) is 37.8 Å². The Hall–Kier alpha value is -3.20. The molecular formula is C29H38N4O5. The lowest BCUT2D eigenvalue weighted by atomic mass is 9.71. The van der Waals surface area contributed by atoms with Gasteiger partial charge in [0.1, 0.15) is 5.60 Å². The molecule has 1 spiro atoms. The van der Waals surface area contributed by atoms with Crippen LogP contribution < -0.4 is 0 Å². The number of aliphatic hydroxyl groups is 1. The first-order chi connectivity index (χ1) is 17.8. The third-order valence-corrected chi connectivity index (χ3v) is 8.30. The molecule has 204 valence electrons. The summed E-state index contributed by atoms with van der Waals surface area (Å²) in [6.45, 7) is 12.2. The molecule has 2 atom stereocenters. The second-order valence-electron chi connectivity index (χ2n) is 13.0. The summed E-state index contributed by atoms with van der Waals surface area (Å²) >= 11 is 0. The number of ether oxygens (including phenoxy) is 1. The van der Waals surface area contributed by atoms with Gasteiger partial charge in [0.15, 0.2) is 0 Å². The molecule has 0 unspecified atom stereocenters. The van der Waals surface area contributed by atoms with E-state index in [9.17, 15) is 19.5 Å². The van der Waals surface area contributed by atoms with E-state index in [2.05, 4.69) is 18.9 Å². The largest absolute Gasteiger partial charge is 0.456 e. The predicted octanol–water partition coefficient (Wildman–Crippen LogP) is 2.83. The van der Waals surface area contributed by atoms with Gasteiger partial charge in [0, 0.05) is 56.2 Å². The Morgan fingerprint density at radius 1 is 1.11 bits per heavy atom. The van der Waals surface area contributed by atoms with E-state index in [1.54, 1.807) is 34.1 Å². The molecule has 1 aromatic heterocycles. The van der Waals surface area contributed by atoms with Crippen molar-refractivity contribution in [2.75, 3.05) is 32.8 Å². The fourth-order valence-corrected chi connectivity index (χ4v) is 5.88. The van der Waals surface area contributed by atoms with Crippen LogP contribution in [0.2, 0.25) is 0 Å². The zero-order valence-corrected chi connectivity index (χ0v) is 22.9. The Morgan fingerprint density at radius 3 is 2.39 bits per heavy atom. The summed E-state index contributed by atoms with van der Waals surface area (Å²) in [5.74, 6) is -0.293. The van der Waals surface area contributed by atoms with Gasteiger partial charge < -0.3 is 19.6 Å². The van der Waals surface area contributed by atoms with Gasteiger partial charge in [0.05, 0.1) is 23.9 Å². The van der Waals surface area contributed by atoms with E-state index in [0.717, 1.165) is 12.0 Å². The number of aliphatic hydroxyl groups excluding tert-OH is 1. The summed E-state index contributed by atoms with van der Waals surface area (Å²) in [5, 5.41) is 14.5. The van der Waals surface area contributed by atoms with Crippen molar-refractivity contribution >= 4 is 17.8 Å². The molecule has 3 fully saturated rings. The number of aromatic nitrogens is 2. The Kier molecular flexibility index (Phi) is 6.41. The maximum Gasteiger partial charge on any atom is 0.338 e. The summed E-state index contributed by atoms with van der Waals surface area (Å²) in [7, 11) is 0. The highest BCUT2D eigenvalue weighted by molar-refractivity contribution is 5.94. The number of rotatable bonds is 6. The minimum atomic E-state index is -0.603. The van der Waals surface area contributed by atoms with Crippen LogP contribution in [0.15, 0.2) is 36.7 Å². The lowest BCUT2D eigenvalue weighted by molar-refractivity contribution is -0.148. The standard InChI is InChI=1S/C29H38N4O5/c1-27(2,3)38-26(37)22-9-7-6-8-19(22)12-33-13-20(11-30-33)24(35)31-14-21(15-34)29(16-31)17-32(18-29)25(36)23-10-28(23,4)5/h6-9,11,13,21,23,34H,10,12,14-18H2,1-5H3/t21-,23+/m0/s1. The number of esters is 1. The maximum atomic E-state index is 13.4. The van der Waals surface area contributed by atoms with Crippen molar-refractivity contribution in [1.29, 1.82) is 0 Å². The van der Waals surface area contributed by atoms with E-state index >= 15 is 0 Å². The minimum Gasteiger partial charge on any atom is -0.456 e. The van der Waals surface area contributed by atoms with Crippen LogP contribution in [0.5, 0.6) is 0 Å². The molecule has 1 aliphatic carbocycles. The fourth-order valence-electron chi connectivity index (χ4n) is 5.88. The molecule has 0 radical (unpaired) electrons. The number of hydrogen-bond acceptors (Lipinski definition) is 6. The number of likely N-dealkylation sites (tertiary alicyclic amines) is 2. The van der Waals surface area contributed by atoms with Gasteiger partial charge in [-0.15, -0.1) is 0 Å². The molecule has 38 heavy (non-hydrogen) atoms. The van der Waals surface area contributed by atoms with Crippen molar-refractivity contribution in [3.05, 3.63) is 53.3 Å². The number of nitrogens with zero attached hydrogens (tertiary/aromatic N) is 4. The number of benzene rings is 1. The van der Waals surface area contributed by atoms with Crippen LogP contribution in [-0.4, -0.2) is 80.9 Å². The van der Waals surface area contributed by atoms with E-state index in [4.69, 9.17) is 4.74 Å². The van der Waals surface area contributed by atoms with Crippen LogP contribution in [0.3, 0.4) is 0 Å². The molecular weight excluding hydrogens is 484 g/mol. The average Bonchev–Trinajstić information content (AvgIpc) is 3.16. The van der Waals surface area contributed by atoms with E-state index in [0.29, 0.717) is 43.9 Å². The van der Waals surface area contributed by atoms with Gasteiger partial charge in [0.2, 0.25) is 5.91 Å². The number of carbonyl (C=O) groups excluding carboxylic acids is 3. The summed E-state index contributed by atoms with van der Waals surface area (Å²) < 4.78 is 7.19. The van der Waals surface area contributed by atoms with Crippen LogP contribution in [0.4, 0.5) is 0 Å². The van der Waals surface area contributed by atoms with Crippen LogP contribution >= 0.6 is 0 Å². The summed E-state index contributed by atoms with van der Waals surface area (Å²) in [4.78, 5) is 42.6. The van der Waals surface area contributed by atoms with Gasteiger partial charge in [-0.05, 0) is 44.2 Å². The highest BCUT2D eigenvalue weighted by atomic mass is 16.6. The normalized spacial score (nSPS) is 23.3. The van der Waals surface area contributed by atoms with Crippen LogP contribution in [0.1, 0.15) is 67.3 Å². The number of amides is 2. The molecule has 0 bridgehead atoms. The number of carbonyl (C=O) groups is 3. The summed E-state index contributed by atoms with van der Waals surface area (Å²) in [5.41, 5.74) is 0.913. The van der Waals surface area contributed by atoms with Crippen molar-refractivity contribution in [2.24, 2.45) is 22.7 Å². The van der Waals surface area contributed by atoms with Crippen molar-refractivity contribution in [3.8, 4) is 0 Å². The Balaban J connectivity index is 1.24. The van der Waals surface area contributed by atoms with Crippen LogP contribution in [0.25, 0.3) is 0 Å². The molecule has 3 heterocycles. The molecule has 2 amide bonds. The third kappa shape index (κ3) is 4.96. The molecule has 1 N–H and O–H groups in total. The Labute approximate surface area is 223 Å². The Bertz CT molecular complexity index is 1250. The van der Waals surface area contributed by atoms with Gasteiger partial charge in [0.25, 0.3) is 5.91 Å². The molecule has 2 saturated heterocycles. The highest BCUT2D eigenvalue weighted by Crippen LogP contribution is 2.54. The monoisotopic (exact) mass is 522 g/mol. The second kappa shape index (κ2) is 9.22. The molecule has 1 aromatic carbocycles. The summed E-state index contributed by atoms with van der Waals surface area (Å²) in [6, 6.07) is 7.23. The Morgan fingerprint density at radius 2 is 1.76 bits per heavy atom. The first-order valence-electron chi connectivity index (χ1n) is 13.3. The third-order valence-electron chi connectivity index (χ3n) is 8.30.